The molecule has 0 amide bonds. The van der Waals surface area contributed by atoms with Gasteiger partial charge in [-0.1, -0.05) is 84.0 Å². The van der Waals surface area contributed by atoms with Gasteiger partial charge in [0, 0.05) is 0 Å². The zero-order valence-electron chi connectivity index (χ0n) is 16.9. The number of imidazole rings is 1. The van der Waals surface area contributed by atoms with E-state index in [4.69, 9.17) is 11.4 Å². The minimum atomic E-state index is -3.94. The van der Waals surface area contributed by atoms with Crippen molar-refractivity contribution in [2.45, 2.75) is 103 Å². The van der Waals surface area contributed by atoms with Gasteiger partial charge in [-0.3, -0.25) is 0 Å². The van der Waals surface area contributed by atoms with Gasteiger partial charge in [-0.25, -0.2) is 9.13 Å². The Kier molecular flexibility index (Phi) is 18.7. The number of hydrogen-bond donors (Lipinski definition) is 0. The van der Waals surface area contributed by atoms with Crippen LogP contribution in [0.15, 0.2) is 18.7 Å². The Morgan fingerprint density at radius 2 is 1.19 bits per heavy atom. The average molecular weight is 406 g/mol. The predicted octanol–water partition coefficient (Wildman–Crippen LogP) is 4.36. The number of aryl methyl sites for hydroxylation is 2. The number of rotatable bonds is 15. The second-order valence-corrected chi connectivity index (χ2v) is 7.84. The molecule has 1 aromatic rings. The van der Waals surface area contributed by atoms with Crippen LogP contribution in [-0.4, -0.2) is 4.57 Å². The fraction of sp³-hybridized carbons (Fsp3) is 0.850. The third kappa shape index (κ3) is 19.7. The first-order valence-corrected chi connectivity index (χ1v) is 12.1. The van der Waals surface area contributed by atoms with E-state index >= 15 is 0 Å². The van der Waals surface area contributed by atoms with Crippen LogP contribution < -0.4 is 8.60 Å². The summed E-state index contributed by atoms with van der Waals surface area (Å²) in [7, 11) is 2.09. The summed E-state index contributed by atoms with van der Waals surface area (Å²) in [5, 5.41) is 0. The van der Waals surface area contributed by atoms with Crippen LogP contribution in [0, 0.1) is 0 Å². The molecule has 0 spiro atoms. The summed E-state index contributed by atoms with van der Waals surface area (Å²) in [5.74, 6) is 0. The summed E-state index contributed by atoms with van der Waals surface area (Å²) in [5.41, 5.74) is 0. The molecule has 1 rings (SSSR count). The topological polar surface area (TPSA) is 66.0 Å². The monoisotopic (exact) mass is 406 g/mol. The minimum absolute atomic E-state index is 1.18. The summed E-state index contributed by atoms with van der Waals surface area (Å²) in [6.07, 6.45) is 26.5. The maximum atomic E-state index is 8.56. The molecule has 1 heterocycles. The quantitative estimate of drug-likeness (QED) is 0.321. The third-order valence-electron chi connectivity index (χ3n) is 4.59. The van der Waals surface area contributed by atoms with Gasteiger partial charge in [-0.2, -0.15) is 0 Å². The molecule has 0 atom stereocenters. The Morgan fingerprint density at radius 1 is 0.808 bits per heavy atom. The van der Waals surface area contributed by atoms with E-state index in [1.165, 1.54) is 96.4 Å². The number of aromatic nitrogens is 2. The zero-order chi connectivity index (χ0) is 19.5. The van der Waals surface area contributed by atoms with Crippen LogP contribution in [0.2, 0.25) is 0 Å². The Morgan fingerprint density at radius 3 is 1.54 bits per heavy atom. The van der Waals surface area contributed by atoms with Gasteiger partial charge < -0.3 is 0 Å². The van der Waals surface area contributed by atoms with Crippen molar-refractivity contribution in [2.75, 3.05) is 0 Å². The average Bonchev–Trinajstić information content (AvgIpc) is 3.00. The van der Waals surface area contributed by atoms with Crippen LogP contribution in [0.4, 0.5) is 0 Å². The summed E-state index contributed by atoms with van der Waals surface area (Å²) in [6.45, 7) is 3.47. The van der Waals surface area contributed by atoms with E-state index in [1.54, 1.807) is 0 Å². The molecule has 0 bridgehead atoms. The molecule has 152 valence electrons. The number of unbranched alkanes of at least 4 members (excludes halogenated alkanes) is 13. The molecular formula is C20H39N2O3V. The van der Waals surface area contributed by atoms with Crippen molar-refractivity contribution in [3.63, 3.8) is 0 Å². The molecule has 0 radical (unpaired) electrons. The molecule has 6 heteroatoms. The van der Waals surface area contributed by atoms with Crippen LogP contribution in [0.25, 0.3) is 0 Å². The summed E-state index contributed by atoms with van der Waals surface area (Å²) >= 11 is -3.94. The van der Waals surface area contributed by atoms with Crippen molar-refractivity contribution in [3.05, 3.63) is 18.7 Å². The van der Waals surface area contributed by atoms with Crippen LogP contribution in [0.1, 0.15) is 96.8 Å². The molecule has 5 nitrogen and oxygen atoms in total. The van der Waals surface area contributed by atoms with Gasteiger partial charge in [-0.05, 0) is 12.8 Å². The first kappa shape index (κ1) is 25.4. The Bertz CT molecular complexity index is 479. The first-order valence-electron chi connectivity index (χ1n) is 10.4. The van der Waals surface area contributed by atoms with Crippen LogP contribution in [-0.2, 0) is 36.3 Å². The van der Waals surface area contributed by atoms with E-state index in [1.807, 2.05) is 0 Å². The molecular weight excluding hydrogens is 367 g/mol. The van der Waals surface area contributed by atoms with E-state index in [0.717, 1.165) is 0 Å². The molecule has 0 saturated carbocycles. The van der Waals surface area contributed by atoms with Gasteiger partial charge in [0.25, 0.3) is 0 Å². The Labute approximate surface area is 165 Å². The SMILES string of the molecule is CCCCCCCCCCCCCCCCn1cc[n+](C)c1.[O]=[V](=[O])[O-]. The van der Waals surface area contributed by atoms with Gasteiger partial charge in [-0.15, -0.1) is 0 Å². The third-order valence-corrected chi connectivity index (χ3v) is 4.59. The molecule has 0 N–H and O–H groups in total. The molecule has 26 heavy (non-hydrogen) atoms. The van der Waals surface area contributed by atoms with Gasteiger partial charge in [0.05, 0.1) is 13.6 Å². The molecule has 0 aliphatic carbocycles. The summed E-state index contributed by atoms with van der Waals surface area (Å²) in [6, 6.07) is 0. The van der Waals surface area contributed by atoms with E-state index < -0.39 is 15.4 Å². The second kappa shape index (κ2) is 19.1. The molecule has 1 aromatic heterocycles. The molecule has 0 aromatic carbocycles. The standard InChI is InChI=1S/C20H39N2.3O.V/c1-3-4-5-6-7-8-9-10-11-12-13-14-15-16-17-22-19-18-21(2)20-22;;;;/h18-20H,3-17H2,1-2H3;;;;/q+1;;;-1;. The molecule has 0 aliphatic rings. The van der Waals surface area contributed by atoms with Gasteiger partial charge in [0.2, 0.25) is 6.33 Å². The number of hydrogen-bond acceptors (Lipinski definition) is 3. The van der Waals surface area contributed by atoms with Crippen molar-refractivity contribution < 1.29 is 31.3 Å². The molecule has 0 unspecified atom stereocenters. The Balaban J connectivity index is 0.00000141. The van der Waals surface area contributed by atoms with Crippen LogP contribution >= 0.6 is 0 Å². The fourth-order valence-electron chi connectivity index (χ4n) is 3.12. The number of nitrogens with zero attached hydrogens (tertiary/aromatic N) is 2. The van der Waals surface area contributed by atoms with E-state index in [-0.39, 0.29) is 0 Å². The van der Waals surface area contributed by atoms with Gasteiger partial charge in [0.1, 0.15) is 12.4 Å². The van der Waals surface area contributed by atoms with E-state index in [0.29, 0.717) is 0 Å². The summed E-state index contributed by atoms with van der Waals surface area (Å²) < 4.78 is 30.1. The van der Waals surface area contributed by atoms with Gasteiger partial charge >= 0.3 is 26.8 Å². The molecule has 0 aliphatic heterocycles. The predicted molar refractivity (Wildman–Crippen MR) is 97.3 cm³/mol. The van der Waals surface area contributed by atoms with Gasteiger partial charge in [0.15, 0.2) is 0 Å². The first-order chi connectivity index (χ1) is 12.6. The van der Waals surface area contributed by atoms with Crippen LogP contribution in [0.3, 0.4) is 0 Å². The zero-order valence-corrected chi connectivity index (χ0v) is 18.3. The summed E-state index contributed by atoms with van der Waals surface area (Å²) in [4.78, 5) is 0. The van der Waals surface area contributed by atoms with Crippen molar-refractivity contribution in [2.24, 2.45) is 7.05 Å². The van der Waals surface area contributed by atoms with Crippen molar-refractivity contribution in [3.8, 4) is 0 Å². The normalized spacial score (nSPS) is 10.4. The maximum absolute atomic E-state index is 8.56. The van der Waals surface area contributed by atoms with Crippen LogP contribution in [0.5, 0.6) is 0 Å². The second-order valence-electron chi connectivity index (χ2n) is 7.14. The van der Waals surface area contributed by atoms with Crippen molar-refractivity contribution in [1.82, 2.24) is 4.57 Å². The van der Waals surface area contributed by atoms with Crippen molar-refractivity contribution >= 4 is 0 Å². The van der Waals surface area contributed by atoms with Crippen molar-refractivity contribution in [1.29, 1.82) is 0 Å². The Hall–Kier alpha value is -0.646. The van der Waals surface area contributed by atoms with E-state index in [9.17, 15) is 0 Å². The van der Waals surface area contributed by atoms with E-state index in [2.05, 4.69) is 41.8 Å². The molecule has 0 fully saturated rings. The fourth-order valence-corrected chi connectivity index (χ4v) is 3.12. The molecule has 0 saturated heterocycles.